The number of fused-ring (bicyclic) bond motifs is 3. The van der Waals surface area contributed by atoms with Crippen LogP contribution in [0.1, 0.15) is 11.1 Å². The van der Waals surface area contributed by atoms with Gasteiger partial charge in [0.05, 0.1) is 11.0 Å². The summed E-state index contributed by atoms with van der Waals surface area (Å²) in [5.41, 5.74) is 5.72. The van der Waals surface area contributed by atoms with Crippen molar-refractivity contribution in [1.29, 1.82) is 0 Å². The van der Waals surface area contributed by atoms with Gasteiger partial charge in [-0.05, 0) is 28.6 Å². The van der Waals surface area contributed by atoms with Gasteiger partial charge in [-0.2, -0.15) is 0 Å². The predicted molar refractivity (Wildman–Crippen MR) is 75.2 cm³/mol. The molecule has 0 unspecified atom stereocenters. The highest BCUT2D eigenvalue weighted by Crippen LogP contribution is 2.40. The molecular weight excluding hydrogens is 218 g/mol. The Kier molecular flexibility index (Phi) is 1.34. The van der Waals surface area contributed by atoms with Crippen molar-refractivity contribution in [2.45, 2.75) is 6.42 Å². The summed E-state index contributed by atoms with van der Waals surface area (Å²) in [4.78, 5) is 0. The van der Waals surface area contributed by atoms with Gasteiger partial charge in [-0.3, -0.25) is 0 Å². The van der Waals surface area contributed by atoms with Gasteiger partial charge < -0.3 is 4.40 Å². The molecule has 18 heavy (non-hydrogen) atoms. The van der Waals surface area contributed by atoms with Crippen molar-refractivity contribution in [3.63, 3.8) is 0 Å². The molecule has 5 rings (SSSR count). The van der Waals surface area contributed by atoms with E-state index in [1.54, 1.807) is 0 Å². The fourth-order valence-corrected chi connectivity index (χ4v) is 3.48. The monoisotopic (exact) mass is 229 g/mol. The maximum atomic E-state index is 2.35. The molecule has 1 aliphatic rings. The molecule has 2 heterocycles. The predicted octanol–water partition coefficient (Wildman–Crippen LogP) is 4.15. The minimum Gasteiger partial charge on any atom is -0.316 e. The number of aromatic nitrogens is 1. The summed E-state index contributed by atoms with van der Waals surface area (Å²) < 4.78 is 2.35. The van der Waals surface area contributed by atoms with E-state index in [4.69, 9.17) is 0 Å². The van der Waals surface area contributed by atoms with E-state index in [0.29, 0.717) is 0 Å². The third-order valence-corrected chi connectivity index (χ3v) is 4.21. The fourth-order valence-electron chi connectivity index (χ4n) is 3.48. The summed E-state index contributed by atoms with van der Waals surface area (Å²) in [5, 5.41) is 4.22. The molecule has 4 aromatic rings. The summed E-state index contributed by atoms with van der Waals surface area (Å²) in [6.45, 7) is 0. The van der Waals surface area contributed by atoms with Gasteiger partial charge in [0.25, 0.3) is 0 Å². The summed E-state index contributed by atoms with van der Waals surface area (Å²) in [6, 6.07) is 17.6. The van der Waals surface area contributed by atoms with E-state index in [1.807, 2.05) is 0 Å². The van der Waals surface area contributed by atoms with Crippen molar-refractivity contribution in [2.75, 3.05) is 0 Å². The standard InChI is InChI=1S/C17H11N/c1-2-7-15-13(6-1)14-10-12-5-3-4-11-8-9-18(15)17(14)16(11)12/h1-9H,10H2. The van der Waals surface area contributed by atoms with Gasteiger partial charge in [0, 0.05) is 23.4 Å². The van der Waals surface area contributed by atoms with Gasteiger partial charge in [-0.15, -0.1) is 0 Å². The highest BCUT2D eigenvalue weighted by Gasteiger charge is 2.21. The Hall–Kier alpha value is -2.28. The lowest BCUT2D eigenvalue weighted by Gasteiger charge is -2.03. The first-order chi connectivity index (χ1) is 8.93. The first kappa shape index (κ1) is 8.76. The van der Waals surface area contributed by atoms with E-state index in [9.17, 15) is 0 Å². The lowest BCUT2D eigenvalue weighted by Crippen LogP contribution is -1.85. The minimum atomic E-state index is 1.08. The summed E-state index contributed by atoms with van der Waals surface area (Å²) >= 11 is 0. The van der Waals surface area contributed by atoms with Crippen LogP contribution in [0.2, 0.25) is 0 Å². The van der Waals surface area contributed by atoms with Crippen molar-refractivity contribution in [1.82, 2.24) is 4.40 Å². The lowest BCUT2D eigenvalue weighted by atomic mass is 10.1. The zero-order valence-corrected chi connectivity index (χ0v) is 9.85. The average molecular weight is 229 g/mol. The third-order valence-electron chi connectivity index (χ3n) is 4.21. The molecule has 0 amide bonds. The molecule has 0 spiro atoms. The Morgan fingerprint density at radius 1 is 0.889 bits per heavy atom. The van der Waals surface area contributed by atoms with E-state index in [0.717, 1.165) is 6.42 Å². The van der Waals surface area contributed by atoms with Gasteiger partial charge in [0.1, 0.15) is 0 Å². The molecule has 0 saturated carbocycles. The molecule has 0 bridgehead atoms. The smallest absolute Gasteiger partial charge is 0.0579 e. The Bertz CT molecular complexity index is 944. The van der Waals surface area contributed by atoms with E-state index < -0.39 is 0 Å². The Labute approximate surface area is 104 Å². The quantitative estimate of drug-likeness (QED) is 0.376. The molecule has 1 heteroatoms. The van der Waals surface area contributed by atoms with Crippen molar-refractivity contribution in [3.8, 4) is 0 Å². The lowest BCUT2D eigenvalue weighted by molar-refractivity contribution is 1.26. The Balaban J connectivity index is 2.22. The van der Waals surface area contributed by atoms with Gasteiger partial charge in [-0.25, -0.2) is 0 Å². The third kappa shape index (κ3) is 0.830. The molecule has 0 aliphatic heterocycles. The van der Waals surface area contributed by atoms with Crippen LogP contribution in [0.5, 0.6) is 0 Å². The van der Waals surface area contributed by atoms with Crippen LogP contribution in [-0.4, -0.2) is 4.40 Å². The SMILES string of the molecule is c1cc2c3c(c1)ccn1c4ccccc4c(c31)C2. The maximum absolute atomic E-state index is 2.35. The van der Waals surface area contributed by atoms with E-state index in [2.05, 4.69) is 59.1 Å². The second kappa shape index (κ2) is 2.75. The van der Waals surface area contributed by atoms with E-state index in [-0.39, 0.29) is 0 Å². The molecule has 0 N–H and O–H groups in total. The van der Waals surface area contributed by atoms with Crippen molar-refractivity contribution in [2.24, 2.45) is 0 Å². The summed E-state index contributed by atoms with van der Waals surface area (Å²) in [7, 11) is 0. The van der Waals surface area contributed by atoms with Crippen LogP contribution < -0.4 is 0 Å². The first-order valence-electron chi connectivity index (χ1n) is 6.36. The molecule has 0 saturated heterocycles. The normalized spacial score (nSPS) is 13.3. The van der Waals surface area contributed by atoms with Crippen LogP contribution in [0, 0.1) is 0 Å². The number of rotatable bonds is 0. The van der Waals surface area contributed by atoms with Gasteiger partial charge in [0.15, 0.2) is 0 Å². The van der Waals surface area contributed by atoms with Gasteiger partial charge >= 0.3 is 0 Å². The second-order valence-electron chi connectivity index (χ2n) is 5.09. The molecule has 1 aliphatic carbocycles. The summed E-state index contributed by atoms with van der Waals surface area (Å²) in [5.74, 6) is 0. The maximum Gasteiger partial charge on any atom is 0.0579 e. The molecule has 84 valence electrons. The van der Waals surface area contributed by atoms with Crippen molar-refractivity contribution >= 4 is 27.2 Å². The molecule has 0 radical (unpaired) electrons. The molecule has 2 aromatic heterocycles. The molecular formula is C17H11N. The second-order valence-corrected chi connectivity index (χ2v) is 5.09. The molecule has 0 atom stereocenters. The zero-order valence-electron chi connectivity index (χ0n) is 9.85. The summed E-state index contributed by atoms with van der Waals surface area (Å²) in [6.07, 6.45) is 3.28. The fraction of sp³-hybridized carbons (Fsp3) is 0.0588. The number of hydrogen-bond acceptors (Lipinski definition) is 0. The van der Waals surface area contributed by atoms with Crippen LogP contribution in [0.3, 0.4) is 0 Å². The van der Waals surface area contributed by atoms with Crippen molar-refractivity contribution in [3.05, 3.63) is 65.9 Å². The zero-order chi connectivity index (χ0) is 11.7. The highest BCUT2D eigenvalue weighted by atomic mass is 14.9. The highest BCUT2D eigenvalue weighted by molar-refractivity contribution is 6.10. The van der Waals surface area contributed by atoms with Gasteiger partial charge in [0.2, 0.25) is 0 Å². The number of nitrogens with zero attached hydrogens (tertiary/aromatic N) is 1. The molecule has 0 fully saturated rings. The van der Waals surface area contributed by atoms with E-state index >= 15 is 0 Å². The number of hydrogen-bond donors (Lipinski definition) is 0. The largest absolute Gasteiger partial charge is 0.316 e. The minimum absolute atomic E-state index is 1.08. The van der Waals surface area contributed by atoms with E-state index in [1.165, 1.54) is 38.3 Å². The van der Waals surface area contributed by atoms with Crippen LogP contribution in [0.25, 0.3) is 27.2 Å². The Morgan fingerprint density at radius 2 is 1.83 bits per heavy atom. The molecule has 2 aromatic carbocycles. The number of benzene rings is 2. The van der Waals surface area contributed by atoms with Crippen LogP contribution in [0.15, 0.2) is 54.7 Å². The topological polar surface area (TPSA) is 4.41 Å². The Morgan fingerprint density at radius 3 is 2.83 bits per heavy atom. The first-order valence-corrected chi connectivity index (χ1v) is 6.36. The van der Waals surface area contributed by atoms with Crippen LogP contribution in [-0.2, 0) is 6.42 Å². The van der Waals surface area contributed by atoms with Gasteiger partial charge in [-0.1, -0.05) is 36.4 Å². The number of pyridine rings is 1. The average Bonchev–Trinajstić information content (AvgIpc) is 2.94. The van der Waals surface area contributed by atoms with Crippen LogP contribution in [0.4, 0.5) is 0 Å². The molecule has 1 nitrogen and oxygen atoms in total. The van der Waals surface area contributed by atoms with Crippen LogP contribution >= 0.6 is 0 Å². The van der Waals surface area contributed by atoms with Crippen molar-refractivity contribution < 1.29 is 0 Å². The number of para-hydroxylation sites is 1.